The summed E-state index contributed by atoms with van der Waals surface area (Å²) in [4.78, 5) is 49.6. The van der Waals surface area contributed by atoms with Gasteiger partial charge in [-0.05, 0) is 31.0 Å². The molecule has 0 unspecified atom stereocenters. The van der Waals surface area contributed by atoms with Crippen molar-refractivity contribution >= 4 is 29.3 Å². The number of rotatable bonds is 8. The van der Waals surface area contributed by atoms with E-state index in [0.29, 0.717) is 24.3 Å². The van der Waals surface area contributed by atoms with E-state index in [1.165, 1.54) is 6.92 Å². The third kappa shape index (κ3) is 5.76. The van der Waals surface area contributed by atoms with Gasteiger partial charge in [-0.3, -0.25) is 19.2 Å². The second-order valence-corrected chi connectivity index (χ2v) is 7.27. The number of anilines is 1. The van der Waals surface area contributed by atoms with Crippen LogP contribution in [0.15, 0.2) is 54.6 Å². The van der Waals surface area contributed by atoms with Crippen molar-refractivity contribution in [3.05, 3.63) is 65.7 Å². The van der Waals surface area contributed by atoms with Crippen molar-refractivity contribution in [1.29, 1.82) is 0 Å². The number of benzene rings is 2. The Labute approximate surface area is 175 Å². The SMILES string of the molecule is CC(=O)c1cccc(NC(=O)COC(=O)[C@@H]2CC(=O)N(CCc3ccccc3)C2)c1. The van der Waals surface area contributed by atoms with E-state index in [1.54, 1.807) is 29.2 Å². The number of ketones is 1. The van der Waals surface area contributed by atoms with Crippen LogP contribution in [0.25, 0.3) is 0 Å². The number of hydrogen-bond donors (Lipinski definition) is 1. The minimum Gasteiger partial charge on any atom is -0.455 e. The minimum absolute atomic E-state index is 0.0848. The molecule has 2 aromatic carbocycles. The molecule has 3 rings (SSSR count). The molecule has 1 saturated heterocycles. The van der Waals surface area contributed by atoms with Gasteiger partial charge < -0.3 is 15.0 Å². The monoisotopic (exact) mass is 408 g/mol. The molecule has 1 fully saturated rings. The maximum Gasteiger partial charge on any atom is 0.311 e. The molecule has 0 radical (unpaired) electrons. The molecule has 7 nitrogen and oxygen atoms in total. The smallest absolute Gasteiger partial charge is 0.311 e. The molecule has 1 atom stereocenters. The number of nitrogens with one attached hydrogen (secondary N) is 1. The fourth-order valence-corrected chi connectivity index (χ4v) is 3.32. The topological polar surface area (TPSA) is 92.8 Å². The van der Waals surface area contributed by atoms with E-state index in [2.05, 4.69) is 5.32 Å². The summed E-state index contributed by atoms with van der Waals surface area (Å²) >= 11 is 0. The van der Waals surface area contributed by atoms with Crippen LogP contribution in [0.2, 0.25) is 0 Å². The Kier molecular flexibility index (Phi) is 6.95. The fourth-order valence-electron chi connectivity index (χ4n) is 3.32. The molecule has 0 aromatic heterocycles. The summed E-state index contributed by atoms with van der Waals surface area (Å²) in [6.07, 6.45) is 0.811. The summed E-state index contributed by atoms with van der Waals surface area (Å²) in [7, 11) is 0. The quantitative estimate of drug-likeness (QED) is 0.535. The van der Waals surface area contributed by atoms with Crippen LogP contribution in [0, 0.1) is 5.92 Å². The lowest BCUT2D eigenvalue weighted by Crippen LogP contribution is -2.29. The zero-order chi connectivity index (χ0) is 21.5. The van der Waals surface area contributed by atoms with Crippen LogP contribution in [-0.4, -0.2) is 48.2 Å². The Bertz CT molecular complexity index is 942. The molecule has 2 amide bonds. The summed E-state index contributed by atoms with van der Waals surface area (Å²) in [5.74, 6) is -1.83. The van der Waals surface area contributed by atoms with Gasteiger partial charge in [-0.2, -0.15) is 0 Å². The molecular weight excluding hydrogens is 384 g/mol. The Morgan fingerprint density at radius 3 is 2.60 bits per heavy atom. The van der Waals surface area contributed by atoms with Crippen molar-refractivity contribution in [3.8, 4) is 0 Å². The Balaban J connectivity index is 1.44. The number of carbonyl (C=O) groups excluding carboxylic acids is 4. The van der Waals surface area contributed by atoms with Crippen LogP contribution in [0.3, 0.4) is 0 Å². The number of nitrogens with zero attached hydrogens (tertiary/aromatic N) is 1. The molecule has 30 heavy (non-hydrogen) atoms. The maximum absolute atomic E-state index is 12.3. The highest BCUT2D eigenvalue weighted by Gasteiger charge is 2.35. The van der Waals surface area contributed by atoms with Gasteiger partial charge in [0.05, 0.1) is 5.92 Å². The zero-order valence-electron chi connectivity index (χ0n) is 16.8. The molecule has 0 spiro atoms. The molecular formula is C23H24N2O5. The van der Waals surface area contributed by atoms with Gasteiger partial charge in [0, 0.05) is 30.8 Å². The third-order valence-electron chi connectivity index (χ3n) is 4.96. The van der Waals surface area contributed by atoms with Crippen molar-refractivity contribution in [1.82, 2.24) is 4.90 Å². The van der Waals surface area contributed by atoms with Crippen LogP contribution in [-0.2, 0) is 25.5 Å². The van der Waals surface area contributed by atoms with Crippen molar-refractivity contribution in [3.63, 3.8) is 0 Å². The Morgan fingerprint density at radius 2 is 1.87 bits per heavy atom. The van der Waals surface area contributed by atoms with Crippen molar-refractivity contribution in [2.75, 3.05) is 25.0 Å². The van der Waals surface area contributed by atoms with E-state index in [1.807, 2.05) is 30.3 Å². The van der Waals surface area contributed by atoms with E-state index >= 15 is 0 Å². The summed E-state index contributed by atoms with van der Waals surface area (Å²) in [6, 6.07) is 16.3. The van der Waals surface area contributed by atoms with Gasteiger partial charge >= 0.3 is 5.97 Å². The first-order valence-corrected chi connectivity index (χ1v) is 9.81. The lowest BCUT2D eigenvalue weighted by molar-refractivity contribution is -0.151. The predicted molar refractivity (Wildman–Crippen MR) is 111 cm³/mol. The minimum atomic E-state index is -0.567. The zero-order valence-corrected chi connectivity index (χ0v) is 16.8. The van der Waals surface area contributed by atoms with Crippen molar-refractivity contribution in [2.24, 2.45) is 5.92 Å². The highest BCUT2D eigenvalue weighted by molar-refractivity contribution is 5.97. The standard InChI is InChI=1S/C23H24N2O5/c1-16(26)18-8-5-9-20(12-18)24-21(27)15-30-23(29)19-13-22(28)25(14-19)11-10-17-6-3-2-4-7-17/h2-9,12,19H,10-11,13-15H2,1H3,(H,24,27)/t19-/m1/s1. The van der Waals surface area contributed by atoms with Crippen LogP contribution < -0.4 is 5.32 Å². The van der Waals surface area contributed by atoms with Crippen molar-refractivity contribution < 1.29 is 23.9 Å². The highest BCUT2D eigenvalue weighted by atomic mass is 16.5. The number of carbonyl (C=O) groups is 4. The van der Waals surface area contributed by atoms with Crippen LogP contribution in [0.5, 0.6) is 0 Å². The number of hydrogen-bond acceptors (Lipinski definition) is 5. The molecule has 156 valence electrons. The molecule has 1 heterocycles. The molecule has 7 heteroatoms. The van der Waals surface area contributed by atoms with Gasteiger partial charge in [0.25, 0.3) is 5.91 Å². The number of Topliss-reactive ketones (excluding diaryl/α,β-unsaturated/α-hetero) is 1. The van der Waals surface area contributed by atoms with Gasteiger partial charge in [-0.25, -0.2) is 0 Å². The average Bonchev–Trinajstić information content (AvgIpc) is 3.12. The molecule has 0 bridgehead atoms. The molecule has 1 aliphatic heterocycles. The van der Waals surface area contributed by atoms with E-state index in [-0.39, 0.29) is 18.1 Å². The van der Waals surface area contributed by atoms with Gasteiger partial charge in [-0.15, -0.1) is 0 Å². The normalized spacial score (nSPS) is 15.7. The summed E-state index contributed by atoms with van der Waals surface area (Å²) in [5, 5.41) is 2.59. The number of ether oxygens (including phenoxy) is 1. The third-order valence-corrected chi connectivity index (χ3v) is 4.96. The lowest BCUT2D eigenvalue weighted by atomic mass is 10.1. The summed E-state index contributed by atoms with van der Waals surface area (Å²) in [5.41, 5.74) is 2.05. The van der Waals surface area contributed by atoms with Gasteiger partial charge in [0.2, 0.25) is 5.91 Å². The lowest BCUT2D eigenvalue weighted by Gasteiger charge is -2.16. The van der Waals surface area contributed by atoms with Gasteiger partial charge in [0.15, 0.2) is 12.4 Å². The molecule has 0 saturated carbocycles. The van der Waals surface area contributed by atoms with E-state index in [4.69, 9.17) is 4.74 Å². The predicted octanol–water partition coefficient (Wildman–Crippen LogP) is 2.46. The highest BCUT2D eigenvalue weighted by Crippen LogP contribution is 2.20. The van der Waals surface area contributed by atoms with Gasteiger partial charge in [-0.1, -0.05) is 42.5 Å². The number of esters is 1. The average molecular weight is 408 g/mol. The number of likely N-dealkylation sites (tertiary alicyclic amines) is 1. The fraction of sp³-hybridized carbons (Fsp3) is 0.304. The number of amides is 2. The Morgan fingerprint density at radius 1 is 1.10 bits per heavy atom. The summed E-state index contributed by atoms with van der Waals surface area (Å²) in [6.45, 7) is 1.83. The van der Waals surface area contributed by atoms with Crippen LogP contribution in [0.4, 0.5) is 5.69 Å². The Hall–Kier alpha value is -3.48. The van der Waals surface area contributed by atoms with Crippen LogP contribution >= 0.6 is 0 Å². The molecule has 1 N–H and O–H groups in total. The summed E-state index contributed by atoms with van der Waals surface area (Å²) < 4.78 is 5.10. The first-order valence-electron chi connectivity index (χ1n) is 9.81. The van der Waals surface area contributed by atoms with E-state index in [9.17, 15) is 19.2 Å². The second-order valence-electron chi connectivity index (χ2n) is 7.27. The van der Waals surface area contributed by atoms with Gasteiger partial charge in [0.1, 0.15) is 0 Å². The maximum atomic E-state index is 12.3. The van der Waals surface area contributed by atoms with E-state index in [0.717, 1.165) is 12.0 Å². The van der Waals surface area contributed by atoms with Crippen LogP contribution in [0.1, 0.15) is 29.3 Å². The molecule has 2 aromatic rings. The van der Waals surface area contributed by atoms with Crippen molar-refractivity contribution in [2.45, 2.75) is 19.8 Å². The molecule has 1 aliphatic rings. The largest absolute Gasteiger partial charge is 0.455 e. The first-order chi connectivity index (χ1) is 14.4. The second kappa shape index (κ2) is 9.82. The van der Waals surface area contributed by atoms with E-state index < -0.39 is 24.4 Å². The molecule has 0 aliphatic carbocycles. The first kappa shape index (κ1) is 21.2.